The molecule has 2 aliphatic rings. The van der Waals surface area contributed by atoms with Crippen LogP contribution in [0.3, 0.4) is 0 Å². The second-order valence-corrected chi connectivity index (χ2v) is 8.88. The molecule has 2 aliphatic heterocycles. The van der Waals surface area contributed by atoms with E-state index >= 15 is 0 Å². The van der Waals surface area contributed by atoms with E-state index in [1.807, 2.05) is 12.1 Å². The molecule has 0 radical (unpaired) electrons. The number of carbonyl (C=O) groups excluding carboxylic acids is 1. The van der Waals surface area contributed by atoms with Crippen molar-refractivity contribution in [2.24, 2.45) is 5.10 Å². The summed E-state index contributed by atoms with van der Waals surface area (Å²) in [7, 11) is 0. The van der Waals surface area contributed by atoms with Crippen LogP contribution in [0.1, 0.15) is 45.2 Å². The van der Waals surface area contributed by atoms with Gasteiger partial charge < -0.3 is 15.0 Å². The van der Waals surface area contributed by atoms with Crippen molar-refractivity contribution in [2.45, 2.75) is 25.4 Å². The zero-order chi connectivity index (χ0) is 24.6. The molecule has 4 aromatic rings. The molecule has 6 rings (SSSR count). The van der Waals surface area contributed by atoms with Crippen molar-refractivity contribution < 1.29 is 14.3 Å². The molecule has 2 aromatic carbocycles. The van der Waals surface area contributed by atoms with Gasteiger partial charge in [-0.2, -0.15) is 5.10 Å². The number of phenols is 1. The van der Waals surface area contributed by atoms with Crippen LogP contribution < -0.4 is 5.32 Å². The Morgan fingerprint density at radius 1 is 1.14 bits per heavy atom. The molecule has 0 spiro atoms. The number of rotatable bonds is 4. The number of pyridine rings is 1. The maximum Gasteiger partial charge on any atom is 0.294 e. The van der Waals surface area contributed by atoms with Crippen molar-refractivity contribution in [1.29, 1.82) is 0 Å². The number of imidazole rings is 1. The Morgan fingerprint density at radius 3 is 2.89 bits per heavy atom. The number of halogens is 1. The molecule has 4 heterocycles. The number of fused-ring (bicyclic) bond motifs is 1. The standard InChI is InChI=1S/C27H23FN6O2/c28-21-4-1-5-25(35)26(21)24-12-22(19-3-2-9-29-14-19)32-34(24)27(36)23-15-33(16-31-23)20-7-6-18-13-30-10-8-17(18)11-20/h1-7,9,11,14-16,24,30,35H,8,10,12-13H2. The van der Waals surface area contributed by atoms with E-state index in [1.165, 1.54) is 34.3 Å². The van der Waals surface area contributed by atoms with Crippen LogP contribution in [0.4, 0.5) is 4.39 Å². The van der Waals surface area contributed by atoms with Crippen LogP contribution in [0.5, 0.6) is 5.75 Å². The van der Waals surface area contributed by atoms with E-state index in [-0.39, 0.29) is 23.4 Å². The van der Waals surface area contributed by atoms with Gasteiger partial charge in [0, 0.05) is 42.8 Å². The summed E-state index contributed by atoms with van der Waals surface area (Å²) in [5.41, 5.74) is 4.94. The first kappa shape index (κ1) is 22.1. The van der Waals surface area contributed by atoms with Crippen molar-refractivity contribution in [3.8, 4) is 11.4 Å². The molecule has 36 heavy (non-hydrogen) atoms. The van der Waals surface area contributed by atoms with Gasteiger partial charge in [-0.1, -0.05) is 18.2 Å². The molecule has 0 saturated carbocycles. The van der Waals surface area contributed by atoms with Crippen molar-refractivity contribution in [3.05, 3.63) is 107 Å². The predicted molar refractivity (Wildman–Crippen MR) is 131 cm³/mol. The van der Waals surface area contributed by atoms with Crippen molar-refractivity contribution >= 4 is 11.6 Å². The number of phenolic OH excluding ortho intramolecular Hbond substituents is 1. The minimum absolute atomic E-state index is 0.0243. The van der Waals surface area contributed by atoms with Crippen LogP contribution in [0.25, 0.3) is 5.69 Å². The summed E-state index contributed by atoms with van der Waals surface area (Å²) in [4.78, 5) is 22.1. The first-order valence-electron chi connectivity index (χ1n) is 11.7. The number of nitrogens with one attached hydrogen (secondary N) is 1. The number of nitrogens with zero attached hydrogens (tertiary/aromatic N) is 5. The zero-order valence-electron chi connectivity index (χ0n) is 19.3. The molecule has 8 nitrogen and oxygen atoms in total. The molecule has 1 unspecified atom stereocenters. The number of benzene rings is 2. The lowest BCUT2D eigenvalue weighted by Crippen LogP contribution is -2.28. The summed E-state index contributed by atoms with van der Waals surface area (Å²) in [6, 6.07) is 13.1. The Morgan fingerprint density at radius 2 is 2.06 bits per heavy atom. The number of hydrazone groups is 1. The normalized spacial score (nSPS) is 17.1. The van der Waals surface area contributed by atoms with E-state index < -0.39 is 17.8 Å². The molecular formula is C27H23FN6O2. The number of amides is 1. The van der Waals surface area contributed by atoms with E-state index in [1.54, 1.807) is 35.6 Å². The molecule has 0 fully saturated rings. The van der Waals surface area contributed by atoms with Gasteiger partial charge in [-0.05, 0) is 54.4 Å². The molecule has 1 amide bonds. The molecule has 0 bridgehead atoms. The third-order valence-corrected chi connectivity index (χ3v) is 6.65. The van der Waals surface area contributed by atoms with Gasteiger partial charge in [0.15, 0.2) is 0 Å². The fourth-order valence-corrected chi connectivity index (χ4v) is 4.80. The topological polar surface area (TPSA) is 95.6 Å². The molecule has 180 valence electrons. The van der Waals surface area contributed by atoms with E-state index in [0.717, 1.165) is 30.8 Å². The average molecular weight is 483 g/mol. The van der Waals surface area contributed by atoms with E-state index in [9.17, 15) is 14.3 Å². The predicted octanol–water partition coefficient (Wildman–Crippen LogP) is 3.75. The van der Waals surface area contributed by atoms with Gasteiger partial charge >= 0.3 is 0 Å². The van der Waals surface area contributed by atoms with Crippen molar-refractivity contribution in [2.75, 3.05) is 6.54 Å². The molecule has 2 aromatic heterocycles. The Balaban J connectivity index is 1.35. The molecule has 9 heteroatoms. The fourth-order valence-electron chi connectivity index (χ4n) is 4.80. The average Bonchev–Trinajstić information content (AvgIpc) is 3.57. The Labute approximate surface area is 206 Å². The fraction of sp³-hybridized carbons (Fsp3) is 0.185. The minimum Gasteiger partial charge on any atom is -0.507 e. The maximum atomic E-state index is 14.8. The Kier molecular flexibility index (Phi) is 5.54. The third kappa shape index (κ3) is 3.93. The van der Waals surface area contributed by atoms with Gasteiger partial charge in [-0.15, -0.1) is 0 Å². The lowest BCUT2D eigenvalue weighted by molar-refractivity contribution is 0.0701. The first-order valence-corrected chi connectivity index (χ1v) is 11.7. The van der Waals surface area contributed by atoms with E-state index in [2.05, 4.69) is 32.5 Å². The second kappa shape index (κ2) is 9.01. The highest BCUT2D eigenvalue weighted by Gasteiger charge is 2.37. The summed E-state index contributed by atoms with van der Waals surface area (Å²) < 4.78 is 16.6. The highest BCUT2D eigenvalue weighted by atomic mass is 19.1. The van der Waals surface area contributed by atoms with E-state index in [0.29, 0.717) is 5.71 Å². The monoisotopic (exact) mass is 482 g/mol. The third-order valence-electron chi connectivity index (χ3n) is 6.65. The van der Waals surface area contributed by atoms with Gasteiger partial charge in [0.25, 0.3) is 5.91 Å². The quantitative estimate of drug-likeness (QED) is 0.462. The van der Waals surface area contributed by atoms with Gasteiger partial charge in [-0.3, -0.25) is 9.78 Å². The Hall–Kier alpha value is -4.37. The SMILES string of the molecule is O=C(c1cn(-c2ccc3c(c2)CCNC3)cn1)N1N=C(c2cccnc2)CC1c1c(O)cccc1F. The highest BCUT2D eigenvalue weighted by Crippen LogP contribution is 2.39. The molecular weight excluding hydrogens is 459 g/mol. The lowest BCUT2D eigenvalue weighted by Gasteiger charge is -2.22. The minimum atomic E-state index is -0.824. The van der Waals surface area contributed by atoms with Crippen LogP contribution in [-0.4, -0.2) is 42.8 Å². The summed E-state index contributed by atoms with van der Waals surface area (Å²) in [5.74, 6) is -1.31. The number of aromatic hydroxyl groups is 1. The van der Waals surface area contributed by atoms with Crippen molar-refractivity contribution in [3.63, 3.8) is 0 Å². The summed E-state index contributed by atoms with van der Waals surface area (Å²) in [5, 5.41) is 19.6. The van der Waals surface area contributed by atoms with E-state index in [4.69, 9.17) is 0 Å². The summed E-state index contributed by atoms with van der Waals surface area (Å²) >= 11 is 0. The largest absolute Gasteiger partial charge is 0.507 e. The van der Waals surface area contributed by atoms with Gasteiger partial charge in [0.2, 0.25) is 0 Å². The van der Waals surface area contributed by atoms with Gasteiger partial charge in [0.1, 0.15) is 23.6 Å². The molecule has 1 atom stereocenters. The Bertz CT molecular complexity index is 1460. The molecule has 0 saturated heterocycles. The number of hydrogen-bond acceptors (Lipinski definition) is 6. The van der Waals surface area contributed by atoms with Crippen molar-refractivity contribution in [1.82, 2.24) is 24.9 Å². The number of aromatic nitrogens is 3. The molecule has 2 N–H and O–H groups in total. The maximum absolute atomic E-state index is 14.8. The van der Waals surface area contributed by atoms with Gasteiger partial charge in [-0.25, -0.2) is 14.4 Å². The molecule has 0 aliphatic carbocycles. The second-order valence-electron chi connectivity index (χ2n) is 8.88. The van der Waals surface area contributed by atoms with Crippen LogP contribution in [-0.2, 0) is 13.0 Å². The van der Waals surface area contributed by atoms with Crippen LogP contribution in [0, 0.1) is 5.82 Å². The number of hydrogen-bond donors (Lipinski definition) is 2. The highest BCUT2D eigenvalue weighted by molar-refractivity contribution is 6.04. The lowest BCUT2D eigenvalue weighted by atomic mass is 9.97. The number of carbonyl (C=O) groups is 1. The van der Waals surface area contributed by atoms with Crippen LogP contribution in [0.2, 0.25) is 0 Å². The van der Waals surface area contributed by atoms with Gasteiger partial charge in [0.05, 0.1) is 17.3 Å². The smallest absolute Gasteiger partial charge is 0.294 e. The summed E-state index contributed by atoms with van der Waals surface area (Å²) in [6.07, 6.45) is 7.70. The van der Waals surface area contributed by atoms with Crippen LogP contribution >= 0.6 is 0 Å². The first-order chi connectivity index (χ1) is 17.6. The summed E-state index contributed by atoms with van der Waals surface area (Å²) in [6.45, 7) is 1.78. The van der Waals surface area contributed by atoms with Crippen LogP contribution in [0.15, 0.2) is 78.6 Å². The zero-order valence-corrected chi connectivity index (χ0v) is 19.3.